The molecule has 11 rings (SSSR count). The van der Waals surface area contributed by atoms with Crippen molar-refractivity contribution in [2.24, 2.45) is 0 Å². The molecule has 0 bridgehead atoms. The summed E-state index contributed by atoms with van der Waals surface area (Å²) in [4.78, 5) is 15.3. The van der Waals surface area contributed by atoms with Gasteiger partial charge in [0.1, 0.15) is 11.2 Å². The SMILES string of the molecule is c1ccc(-c2ccc(-c3cc(-c4nc(-c5ccccc5)nc(-c5ccccc5)n4)cc(-c4cccc5c4oc4c(-c6ccc(-c7ccccc7)cc6)cccc45)c3)cc2)cc1. The highest BCUT2D eigenvalue weighted by atomic mass is 16.3. The summed E-state index contributed by atoms with van der Waals surface area (Å²) in [6.45, 7) is 0. The lowest BCUT2D eigenvalue weighted by Crippen LogP contribution is -2.00. The van der Waals surface area contributed by atoms with Gasteiger partial charge >= 0.3 is 0 Å². The Morgan fingerprint density at radius 3 is 1.02 bits per heavy atom. The number of furan rings is 1. The van der Waals surface area contributed by atoms with Crippen LogP contribution in [-0.2, 0) is 0 Å². The summed E-state index contributed by atoms with van der Waals surface area (Å²) in [5.74, 6) is 1.83. The van der Waals surface area contributed by atoms with E-state index < -0.39 is 0 Å². The van der Waals surface area contributed by atoms with Crippen LogP contribution in [0.3, 0.4) is 0 Å². The molecule has 0 radical (unpaired) electrons. The van der Waals surface area contributed by atoms with Crippen LogP contribution in [0.5, 0.6) is 0 Å². The third kappa shape index (κ3) is 6.96. The molecule has 61 heavy (non-hydrogen) atoms. The molecular formula is C57H37N3O. The van der Waals surface area contributed by atoms with Gasteiger partial charge in [0.25, 0.3) is 0 Å². The minimum Gasteiger partial charge on any atom is -0.455 e. The zero-order valence-corrected chi connectivity index (χ0v) is 33.1. The summed E-state index contributed by atoms with van der Waals surface area (Å²) in [6.07, 6.45) is 0. The van der Waals surface area contributed by atoms with Gasteiger partial charge in [-0.2, -0.15) is 0 Å². The molecule has 11 aromatic rings. The number of para-hydroxylation sites is 2. The molecule has 0 fully saturated rings. The number of hydrogen-bond donors (Lipinski definition) is 0. The van der Waals surface area contributed by atoms with Crippen LogP contribution in [0.25, 0.3) is 112 Å². The van der Waals surface area contributed by atoms with Crippen molar-refractivity contribution >= 4 is 21.9 Å². The molecule has 0 spiro atoms. The van der Waals surface area contributed by atoms with Crippen molar-refractivity contribution in [3.05, 3.63) is 224 Å². The first-order valence-corrected chi connectivity index (χ1v) is 20.5. The summed E-state index contributed by atoms with van der Waals surface area (Å²) in [5.41, 5.74) is 15.4. The van der Waals surface area contributed by atoms with Gasteiger partial charge in [-0.25, -0.2) is 15.0 Å². The van der Waals surface area contributed by atoms with Crippen molar-refractivity contribution in [2.45, 2.75) is 0 Å². The Kier molecular flexibility index (Phi) is 9.14. The van der Waals surface area contributed by atoms with E-state index in [-0.39, 0.29) is 0 Å². The smallest absolute Gasteiger partial charge is 0.164 e. The normalized spacial score (nSPS) is 11.3. The molecule has 0 N–H and O–H groups in total. The van der Waals surface area contributed by atoms with E-state index in [4.69, 9.17) is 19.4 Å². The van der Waals surface area contributed by atoms with Gasteiger partial charge in [0, 0.05) is 38.6 Å². The predicted molar refractivity (Wildman–Crippen MR) is 251 cm³/mol. The highest BCUT2D eigenvalue weighted by Crippen LogP contribution is 2.42. The van der Waals surface area contributed by atoms with Gasteiger partial charge in [-0.05, 0) is 62.7 Å². The lowest BCUT2D eigenvalue weighted by molar-refractivity contribution is 0.671. The van der Waals surface area contributed by atoms with Crippen LogP contribution in [0.4, 0.5) is 0 Å². The fourth-order valence-corrected chi connectivity index (χ4v) is 8.25. The van der Waals surface area contributed by atoms with Crippen LogP contribution in [0.2, 0.25) is 0 Å². The van der Waals surface area contributed by atoms with Crippen LogP contribution in [0.15, 0.2) is 229 Å². The number of nitrogens with zero attached hydrogens (tertiary/aromatic N) is 3. The van der Waals surface area contributed by atoms with Crippen molar-refractivity contribution in [1.29, 1.82) is 0 Å². The maximum atomic E-state index is 7.01. The number of aromatic nitrogens is 3. The minimum atomic E-state index is 0.592. The van der Waals surface area contributed by atoms with E-state index in [0.29, 0.717) is 17.5 Å². The molecule has 0 saturated carbocycles. The van der Waals surface area contributed by atoms with E-state index in [1.54, 1.807) is 0 Å². The Bertz CT molecular complexity index is 3250. The van der Waals surface area contributed by atoms with Gasteiger partial charge in [0.15, 0.2) is 17.5 Å². The number of hydrogen-bond acceptors (Lipinski definition) is 4. The number of rotatable bonds is 8. The first kappa shape index (κ1) is 35.9. The molecule has 9 aromatic carbocycles. The van der Waals surface area contributed by atoms with Crippen molar-refractivity contribution in [1.82, 2.24) is 15.0 Å². The molecule has 0 aliphatic heterocycles. The number of fused-ring (bicyclic) bond motifs is 3. The third-order valence-corrected chi connectivity index (χ3v) is 11.4. The zero-order valence-electron chi connectivity index (χ0n) is 33.1. The van der Waals surface area contributed by atoms with Gasteiger partial charge in [0.2, 0.25) is 0 Å². The maximum absolute atomic E-state index is 7.01. The van der Waals surface area contributed by atoms with Crippen LogP contribution in [-0.4, -0.2) is 15.0 Å². The monoisotopic (exact) mass is 779 g/mol. The largest absolute Gasteiger partial charge is 0.455 e. The predicted octanol–water partition coefficient (Wildman–Crippen LogP) is 15.1. The molecule has 0 aliphatic rings. The number of benzene rings is 9. The van der Waals surface area contributed by atoms with E-state index >= 15 is 0 Å². The van der Waals surface area contributed by atoms with Crippen molar-refractivity contribution in [3.8, 4) is 89.8 Å². The van der Waals surface area contributed by atoms with E-state index in [9.17, 15) is 0 Å². The van der Waals surface area contributed by atoms with E-state index in [1.165, 1.54) is 16.7 Å². The standard InChI is InChI=1S/C57H37N3O/c1-5-15-38(16-6-1)40-27-29-42(30-28-40)46-35-47(37-48(36-46)57-59-55(44-19-9-3-10-20-44)58-56(60-57)45-21-11-4-12-22-45)50-24-14-26-52-51-25-13-23-49(53(51)61-54(50)52)43-33-31-41(32-34-43)39-17-7-2-8-18-39/h1-37H. The molecule has 2 heterocycles. The van der Waals surface area contributed by atoms with Gasteiger partial charge in [-0.15, -0.1) is 0 Å². The average molecular weight is 780 g/mol. The second kappa shape index (κ2) is 15.5. The Labute approximate surface area is 354 Å². The van der Waals surface area contributed by atoms with Gasteiger partial charge in [-0.1, -0.05) is 206 Å². The fraction of sp³-hybridized carbons (Fsp3) is 0. The maximum Gasteiger partial charge on any atom is 0.164 e. The molecule has 0 saturated heterocycles. The van der Waals surface area contributed by atoms with E-state index in [2.05, 4.69) is 152 Å². The highest BCUT2D eigenvalue weighted by Gasteiger charge is 2.19. The molecule has 4 heteroatoms. The highest BCUT2D eigenvalue weighted by molar-refractivity contribution is 6.13. The molecular weight excluding hydrogens is 743 g/mol. The fourth-order valence-electron chi connectivity index (χ4n) is 8.25. The van der Waals surface area contributed by atoms with Crippen LogP contribution in [0.1, 0.15) is 0 Å². The second-order valence-corrected chi connectivity index (χ2v) is 15.2. The second-order valence-electron chi connectivity index (χ2n) is 15.2. The Balaban J connectivity index is 1.09. The van der Waals surface area contributed by atoms with E-state index in [0.717, 1.165) is 77.6 Å². The summed E-state index contributed by atoms with van der Waals surface area (Å²) >= 11 is 0. The summed E-state index contributed by atoms with van der Waals surface area (Å²) < 4.78 is 7.01. The first-order valence-electron chi connectivity index (χ1n) is 20.5. The molecule has 2 aromatic heterocycles. The molecule has 4 nitrogen and oxygen atoms in total. The van der Waals surface area contributed by atoms with Crippen molar-refractivity contribution in [3.63, 3.8) is 0 Å². The van der Waals surface area contributed by atoms with Gasteiger partial charge in [-0.3, -0.25) is 0 Å². The van der Waals surface area contributed by atoms with Crippen molar-refractivity contribution < 1.29 is 4.42 Å². The van der Waals surface area contributed by atoms with Crippen molar-refractivity contribution in [2.75, 3.05) is 0 Å². The molecule has 0 aliphatic carbocycles. The molecule has 0 unspecified atom stereocenters. The Morgan fingerprint density at radius 2 is 0.557 bits per heavy atom. The summed E-state index contributed by atoms with van der Waals surface area (Å²) in [7, 11) is 0. The van der Waals surface area contributed by atoms with Crippen LogP contribution >= 0.6 is 0 Å². The summed E-state index contributed by atoms with van der Waals surface area (Å²) in [6, 6.07) is 78.2. The van der Waals surface area contributed by atoms with Crippen LogP contribution < -0.4 is 0 Å². The zero-order chi connectivity index (χ0) is 40.5. The lowest BCUT2D eigenvalue weighted by Gasteiger charge is -2.13. The van der Waals surface area contributed by atoms with Gasteiger partial charge < -0.3 is 4.42 Å². The molecule has 286 valence electrons. The molecule has 0 atom stereocenters. The average Bonchev–Trinajstić information content (AvgIpc) is 3.74. The lowest BCUT2D eigenvalue weighted by atomic mass is 9.93. The van der Waals surface area contributed by atoms with Gasteiger partial charge in [0.05, 0.1) is 0 Å². The quantitative estimate of drug-likeness (QED) is 0.154. The summed E-state index contributed by atoms with van der Waals surface area (Å²) in [5, 5.41) is 2.14. The van der Waals surface area contributed by atoms with Crippen LogP contribution in [0, 0.1) is 0 Å². The topological polar surface area (TPSA) is 51.8 Å². The Hall–Kier alpha value is -8.21. The van der Waals surface area contributed by atoms with E-state index in [1.807, 2.05) is 72.8 Å². The third-order valence-electron chi connectivity index (χ3n) is 11.4. The minimum absolute atomic E-state index is 0.592. The first-order chi connectivity index (χ1) is 30.2. The molecule has 0 amide bonds. The Morgan fingerprint density at radius 1 is 0.230 bits per heavy atom.